The molecule has 3 rings (SSSR count). The normalized spacial score (nSPS) is 11.6. The number of benzene rings is 1. The minimum atomic E-state index is -4.79. The van der Waals surface area contributed by atoms with Crippen LogP contribution in [0.4, 0.5) is 18.3 Å². The largest absolute Gasteiger partial charge is 0.434 e. The van der Waals surface area contributed by atoms with E-state index >= 15 is 0 Å². The second-order valence-corrected chi connectivity index (χ2v) is 6.49. The zero-order valence-electron chi connectivity index (χ0n) is 12.5. The van der Waals surface area contributed by atoms with Gasteiger partial charge in [-0.25, -0.2) is 4.68 Å². The first kappa shape index (κ1) is 17.4. The summed E-state index contributed by atoms with van der Waals surface area (Å²) in [5, 5.41) is 14.4. The third-order valence-electron chi connectivity index (χ3n) is 3.10. The summed E-state index contributed by atoms with van der Waals surface area (Å²) in [6.07, 6.45) is -3.93. The van der Waals surface area contributed by atoms with Gasteiger partial charge in [-0.2, -0.15) is 18.3 Å². The average Bonchev–Trinajstić information content (AvgIpc) is 3.14. The molecule has 11 heteroatoms. The molecule has 0 bridgehead atoms. The number of aryl methyl sites for hydroxylation is 1. The monoisotopic (exact) mass is 387 g/mol. The summed E-state index contributed by atoms with van der Waals surface area (Å²) >= 11 is 6.80. The number of halogens is 4. The summed E-state index contributed by atoms with van der Waals surface area (Å²) in [6.45, 7) is 1.66. The fraction of sp³-hybridized carbons (Fsp3) is 0.143. The molecule has 130 valence electrons. The maximum atomic E-state index is 13.5. The predicted molar refractivity (Wildman–Crippen MR) is 86.2 cm³/mol. The van der Waals surface area contributed by atoms with Gasteiger partial charge in [-0.15, -0.1) is 10.2 Å². The third-order valence-corrected chi connectivity index (χ3v) is 4.11. The van der Waals surface area contributed by atoms with Crippen LogP contribution in [-0.2, 0) is 6.18 Å². The number of hydrogen-bond acceptors (Lipinski definition) is 5. The molecule has 0 unspecified atom stereocenters. The Morgan fingerprint density at radius 1 is 1.24 bits per heavy atom. The number of amides is 1. The molecule has 1 amide bonds. The summed E-state index contributed by atoms with van der Waals surface area (Å²) < 4.78 is 41.2. The number of carbonyl (C=O) groups excluding carboxylic acids is 1. The molecule has 0 aliphatic carbocycles. The minimum Gasteiger partial charge on any atom is -0.296 e. The molecular weight excluding hydrogens is 379 g/mol. The molecule has 0 saturated heterocycles. The summed E-state index contributed by atoms with van der Waals surface area (Å²) in [6, 6.07) is 5.62. The number of carbonyl (C=O) groups is 1. The van der Waals surface area contributed by atoms with Gasteiger partial charge in [-0.05, 0) is 31.2 Å². The lowest BCUT2D eigenvalue weighted by molar-refractivity contribution is -0.143. The van der Waals surface area contributed by atoms with Gasteiger partial charge < -0.3 is 0 Å². The number of nitrogens with one attached hydrogen (secondary N) is 1. The lowest BCUT2D eigenvalue weighted by Crippen LogP contribution is -2.20. The molecule has 6 nitrogen and oxygen atoms in total. The summed E-state index contributed by atoms with van der Waals surface area (Å²) in [4.78, 5) is 12.2. The van der Waals surface area contributed by atoms with Crippen molar-refractivity contribution >= 4 is 34.0 Å². The van der Waals surface area contributed by atoms with Crippen LogP contribution in [-0.4, -0.2) is 25.9 Å². The molecule has 2 heterocycles. The van der Waals surface area contributed by atoms with E-state index in [1.54, 1.807) is 6.92 Å². The van der Waals surface area contributed by atoms with E-state index in [1.807, 2.05) is 0 Å². The first-order valence-corrected chi connectivity index (χ1v) is 7.98. The van der Waals surface area contributed by atoms with Crippen LogP contribution >= 0.6 is 22.9 Å². The van der Waals surface area contributed by atoms with E-state index in [0.717, 1.165) is 17.5 Å². The molecule has 0 atom stereocenters. The van der Waals surface area contributed by atoms with Crippen LogP contribution in [0.25, 0.3) is 5.69 Å². The zero-order chi connectivity index (χ0) is 18.2. The number of alkyl halides is 3. The van der Waals surface area contributed by atoms with Crippen LogP contribution < -0.4 is 5.32 Å². The van der Waals surface area contributed by atoms with Crippen molar-refractivity contribution in [3.63, 3.8) is 0 Å². The molecule has 3 aromatic rings. The highest BCUT2D eigenvalue weighted by Gasteiger charge is 2.40. The Bertz CT molecular complexity index is 919. The van der Waals surface area contributed by atoms with Crippen molar-refractivity contribution in [3.05, 3.63) is 51.7 Å². The van der Waals surface area contributed by atoms with Crippen molar-refractivity contribution in [1.82, 2.24) is 20.0 Å². The van der Waals surface area contributed by atoms with Crippen molar-refractivity contribution in [2.75, 3.05) is 5.32 Å². The maximum Gasteiger partial charge on any atom is 0.434 e. The van der Waals surface area contributed by atoms with Crippen LogP contribution in [0, 0.1) is 6.92 Å². The second kappa shape index (κ2) is 6.45. The lowest BCUT2D eigenvalue weighted by atomic mass is 10.2. The van der Waals surface area contributed by atoms with Gasteiger partial charge in [0, 0.05) is 5.02 Å². The first-order valence-electron chi connectivity index (χ1n) is 6.78. The molecule has 1 N–H and O–H groups in total. The molecule has 0 aliphatic heterocycles. The fourth-order valence-corrected chi connectivity index (χ4v) is 2.79. The van der Waals surface area contributed by atoms with E-state index < -0.39 is 23.3 Å². The molecule has 0 spiro atoms. The minimum absolute atomic E-state index is 0.106. The molecule has 25 heavy (non-hydrogen) atoms. The Hall–Kier alpha value is -2.46. The highest BCUT2D eigenvalue weighted by molar-refractivity contribution is 7.15. The highest BCUT2D eigenvalue weighted by atomic mass is 35.5. The molecular formula is C14H9ClF3N5OS. The number of rotatable bonds is 3. The van der Waals surface area contributed by atoms with E-state index in [4.69, 9.17) is 11.6 Å². The van der Waals surface area contributed by atoms with Crippen molar-refractivity contribution in [2.24, 2.45) is 0 Å². The smallest absolute Gasteiger partial charge is 0.296 e. The standard InChI is InChI=1S/C14H9ClF3N5OS/c1-7-21-22-13(25-7)20-12(24)10-6-19-23(11(10)14(16,17)18)9-4-2-8(15)3-5-9/h2-6H,1H3,(H,20,22,24). The molecule has 0 fully saturated rings. The first-order chi connectivity index (χ1) is 11.8. The van der Waals surface area contributed by atoms with Gasteiger partial charge in [-0.3, -0.25) is 10.1 Å². The lowest BCUT2D eigenvalue weighted by Gasteiger charge is -2.12. The Labute approximate surface area is 148 Å². The highest BCUT2D eigenvalue weighted by Crippen LogP contribution is 2.34. The molecule has 0 aliphatic rings. The predicted octanol–water partition coefficient (Wildman–Crippen LogP) is 3.96. The Balaban J connectivity index is 2.02. The van der Waals surface area contributed by atoms with Gasteiger partial charge in [0.25, 0.3) is 5.91 Å². The van der Waals surface area contributed by atoms with Gasteiger partial charge in [0.15, 0.2) is 5.69 Å². The topological polar surface area (TPSA) is 72.7 Å². The summed E-state index contributed by atoms with van der Waals surface area (Å²) in [7, 11) is 0. The van der Waals surface area contributed by atoms with Crippen LogP contribution in [0.2, 0.25) is 5.02 Å². The number of anilines is 1. The second-order valence-electron chi connectivity index (χ2n) is 4.87. The Morgan fingerprint density at radius 3 is 2.48 bits per heavy atom. The van der Waals surface area contributed by atoms with Gasteiger partial charge in [0.1, 0.15) is 5.01 Å². The van der Waals surface area contributed by atoms with Gasteiger partial charge >= 0.3 is 6.18 Å². The third kappa shape index (κ3) is 3.64. The van der Waals surface area contributed by atoms with Crippen LogP contribution in [0.1, 0.15) is 21.1 Å². The number of nitrogens with zero attached hydrogens (tertiary/aromatic N) is 4. The Morgan fingerprint density at radius 2 is 1.92 bits per heavy atom. The molecule has 0 radical (unpaired) electrons. The van der Waals surface area contributed by atoms with Crippen molar-refractivity contribution in [3.8, 4) is 5.69 Å². The van der Waals surface area contributed by atoms with E-state index in [-0.39, 0.29) is 10.8 Å². The fourth-order valence-electron chi connectivity index (χ4n) is 2.08. The van der Waals surface area contributed by atoms with Crippen molar-refractivity contribution < 1.29 is 18.0 Å². The van der Waals surface area contributed by atoms with Crippen LogP contribution in [0.15, 0.2) is 30.5 Å². The summed E-state index contributed by atoms with van der Waals surface area (Å²) in [5.74, 6) is -0.969. The van der Waals surface area contributed by atoms with E-state index in [9.17, 15) is 18.0 Å². The van der Waals surface area contributed by atoms with E-state index in [2.05, 4.69) is 20.6 Å². The zero-order valence-corrected chi connectivity index (χ0v) is 14.1. The van der Waals surface area contributed by atoms with E-state index in [0.29, 0.717) is 14.7 Å². The molecule has 0 saturated carbocycles. The van der Waals surface area contributed by atoms with Gasteiger partial charge in [-0.1, -0.05) is 22.9 Å². The van der Waals surface area contributed by atoms with Crippen molar-refractivity contribution in [2.45, 2.75) is 13.1 Å². The SMILES string of the molecule is Cc1nnc(NC(=O)c2cnn(-c3ccc(Cl)cc3)c2C(F)(F)F)s1. The molecule has 2 aromatic heterocycles. The number of aromatic nitrogens is 4. The van der Waals surface area contributed by atoms with E-state index in [1.165, 1.54) is 24.3 Å². The van der Waals surface area contributed by atoms with Gasteiger partial charge in [0.2, 0.25) is 5.13 Å². The summed E-state index contributed by atoms with van der Waals surface area (Å²) in [5.41, 5.74) is -1.67. The van der Waals surface area contributed by atoms with Gasteiger partial charge in [0.05, 0.1) is 17.4 Å². The molecule has 1 aromatic carbocycles. The maximum absolute atomic E-state index is 13.5. The van der Waals surface area contributed by atoms with Crippen LogP contribution in [0.3, 0.4) is 0 Å². The quantitative estimate of drug-likeness (QED) is 0.738. The van der Waals surface area contributed by atoms with Crippen molar-refractivity contribution in [1.29, 1.82) is 0 Å². The number of hydrogen-bond donors (Lipinski definition) is 1. The Kier molecular flexibility index (Phi) is 4.48. The average molecular weight is 388 g/mol. The van der Waals surface area contributed by atoms with Crippen LogP contribution in [0.5, 0.6) is 0 Å².